The van der Waals surface area contributed by atoms with Crippen LogP contribution in [0.15, 0.2) is 18.2 Å². The van der Waals surface area contributed by atoms with Crippen LogP contribution < -0.4 is 10.6 Å². The first-order valence-corrected chi connectivity index (χ1v) is 6.03. The van der Waals surface area contributed by atoms with Crippen LogP contribution in [0.25, 0.3) is 0 Å². The molecule has 1 atom stereocenters. The Morgan fingerprint density at radius 3 is 2.90 bits per heavy atom. The molecule has 3 N–H and O–H groups in total. The van der Waals surface area contributed by atoms with Crippen LogP contribution in [0.4, 0.5) is 5.69 Å². The van der Waals surface area contributed by atoms with Crippen molar-refractivity contribution in [3.63, 3.8) is 0 Å². The molecule has 1 saturated heterocycles. The fourth-order valence-corrected chi connectivity index (χ4v) is 2.01. The van der Waals surface area contributed by atoms with Gasteiger partial charge < -0.3 is 20.5 Å². The highest BCUT2D eigenvalue weighted by atomic mass is 16.5. The zero-order valence-electron chi connectivity index (χ0n) is 10.5. The maximum atomic E-state index is 11.2. The molecule has 1 amide bonds. The number of anilines is 1. The van der Waals surface area contributed by atoms with Gasteiger partial charge >= 0.3 is 11.9 Å². The summed E-state index contributed by atoms with van der Waals surface area (Å²) in [5, 5.41) is 23.2. The molecule has 1 aromatic rings. The van der Waals surface area contributed by atoms with Gasteiger partial charge in [0.25, 0.3) is 0 Å². The van der Waals surface area contributed by atoms with Gasteiger partial charge in [-0.3, -0.25) is 4.79 Å². The van der Waals surface area contributed by atoms with Crippen molar-refractivity contribution in [3.05, 3.63) is 29.3 Å². The monoisotopic (exact) mass is 275 g/mol. The van der Waals surface area contributed by atoms with Gasteiger partial charge in [-0.1, -0.05) is 12.1 Å². The van der Waals surface area contributed by atoms with Crippen LogP contribution in [0.5, 0.6) is 0 Å². The van der Waals surface area contributed by atoms with Gasteiger partial charge in [0.15, 0.2) is 0 Å². The van der Waals surface area contributed by atoms with Crippen molar-refractivity contribution in [2.24, 2.45) is 0 Å². The van der Waals surface area contributed by atoms with Gasteiger partial charge in [-0.15, -0.1) is 0 Å². The number of hydrogen-bond acceptors (Lipinski definition) is 5. The maximum Gasteiger partial charge on any atom is 0.394 e. The van der Waals surface area contributed by atoms with E-state index >= 15 is 0 Å². The molecule has 104 valence electrons. The van der Waals surface area contributed by atoms with Crippen molar-refractivity contribution in [3.8, 4) is 6.07 Å². The van der Waals surface area contributed by atoms with Crippen LogP contribution in [-0.4, -0.2) is 36.7 Å². The summed E-state index contributed by atoms with van der Waals surface area (Å²) in [6.07, 6.45) is -0.292. The van der Waals surface area contributed by atoms with Crippen LogP contribution in [0.1, 0.15) is 17.2 Å². The number of carbonyl (C=O) groups is 2. The molecule has 0 spiro atoms. The highest BCUT2D eigenvalue weighted by Crippen LogP contribution is 2.27. The minimum absolute atomic E-state index is 0.173. The van der Waals surface area contributed by atoms with Crippen LogP contribution in [-0.2, 0) is 14.3 Å². The Morgan fingerprint density at radius 2 is 2.30 bits per heavy atom. The van der Waals surface area contributed by atoms with Crippen molar-refractivity contribution in [2.45, 2.75) is 6.10 Å². The largest absolute Gasteiger partial charge is 0.474 e. The lowest BCUT2D eigenvalue weighted by Gasteiger charge is -2.25. The summed E-state index contributed by atoms with van der Waals surface area (Å²) in [6, 6.07) is 6.85. The smallest absolute Gasteiger partial charge is 0.394 e. The van der Waals surface area contributed by atoms with Gasteiger partial charge in [0.2, 0.25) is 0 Å². The van der Waals surface area contributed by atoms with Crippen molar-refractivity contribution in [1.29, 1.82) is 5.26 Å². The number of rotatable bonds is 2. The Balaban J connectivity index is 2.32. The molecule has 1 fully saturated rings. The lowest BCUT2D eigenvalue weighted by Crippen LogP contribution is -2.33. The first kappa shape index (κ1) is 14.0. The molecule has 0 aliphatic carbocycles. The van der Waals surface area contributed by atoms with Crippen molar-refractivity contribution >= 4 is 17.6 Å². The van der Waals surface area contributed by atoms with E-state index < -0.39 is 11.9 Å². The predicted molar refractivity (Wildman–Crippen MR) is 69.0 cm³/mol. The van der Waals surface area contributed by atoms with Gasteiger partial charge in [0.1, 0.15) is 6.07 Å². The summed E-state index contributed by atoms with van der Waals surface area (Å²) in [5.41, 5.74) is 1.02. The van der Waals surface area contributed by atoms with Gasteiger partial charge in [0, 0.05) is 18.7 Å². The van der Waals surface area contributed by atoms with Gasteiger partial charge in [-0.2, -0.15) is 5.26 Å². The number of ether oxygens (including phenoxy) is 1. The third kappa shape index (κ3) is 2.93. The van der Waals surface area contributed by atoms with Crippen molar-refractivity contribution < 1.29 is 19.4 Å². The minimum atomic E-state index is -1.60. The molecule has 1 heterocycles. The van der Waals surface area contributed by atoms with E-state index in [-0.39, 0.29) is 17.4 Å². The number of nitriles is 1. The second-order valence-corrected chi connectivity index (χ2v) is 4.20. The summed E-state index contributed by atoms with van der Waals surface area (Å²) in [4.78, 5) is 21.8. The summed E-state index contributed by atoms with van der Waals surface area (Å²) in [6.45, 7) is 1.83. The quantitative estimate of drug-likeness (QED) is 0.667. The van der Waals surface area contributed by atoms with Crippen LogP contribution in [0.2, 0.25) is 0 Å². The summed E-state index contributed by atoms with van der Waals surface area (Å²) >= 11 is 0. The molecule has 1 aliphatic rings. The first-order chi connectivity index (χ1) is 9.63. The number of aliphatic carboxylic acids is 1. The van der Waals surface area contributed by atoms with Crippen molar-refractivity contribution in [1.82, 2.24) is 5.32 Å². The standard InChI is InChI=1S/C13H13N3O4/c14-6-9-8(11-7-15-4-5-20-11)2-1-3-10(9)16-12(17)13(18)19/h1-3,11,15H,4-5,7H2,(H,16,17)(H,18,19). The number of amides is 1. The van der Waals surface area contributed by atoms with E-state index in [1.165, 1.54) is 6.07 Å². The molecule has 0 bridgehead atoms. The Bertz CT molecular complexity index is 573. The molecule has 0 aromatic heterocycles. The fourth-order valence-electron chi connectivity index (χ4n) is 2.01. The number of carboxylic acid groups (broad SMARTS) is 1. The fraction of sp³-hybridized carbons (Fsp3) is 0.308. The molecular formula is C13H13N3O4. The number of carboxylic acids is 1. The number of hydrogen-bond donors (Lipinski definition) is 3. The normalized spacial score (nSPS) is 18.1. The topological polar surface area (TPSA) is 111 Å². The van der Waals surface area contributed by atoms with Crippen LogP contribution in [0, 0.1) is 11.3 Å². The van der Waals surface area contributed by atoms with Crippen LogP contribution in [0.3, 0.4) is 0 Å². The third-order valence-electron chi connectivity index (χ3n) is 2.93. The first-order valence-electron chi connectivity index (χ1n) is 6.03. The van der Waals surface area contributed by atoms with E-state index in [9.17, 15) is 14.9 Å². The average molecular weight is 275 g/mol. The van der Waals surface area contributed by atoms with E-state index in [0.29, 0.717) is 18.7 Å². The molecular weight excluding hydrogens is 262 g/mol. The number of nitrogens with zero attached hydrogens (tertiary/aromatic N) is 1. The molecule has 7 heteroatoms. The number of carbonyl (C=O) groups excluding carboxylic acids is 1. The number of morpholine rings is 1. The minimum Gasteiger partial charge on any atom is -0.474 e. The Morgan fingerprint density at radius 1 is 1.50 bits per heavy atom. The highest BCUT2D eigenvalue weighted by Gasteiger charge is 2.22. The van der Waals surface area contributed by atoms with E-state index in [4.69, 9.17) is 9.84 Å². The van der Waals surface area contributed by atoms with Crippen molar-refractivity contribution in [2.75, 3.05) is 25.0 Å². The lowest BCUT2D eigenvalue weighted by atomic mass is 10.0. The van der Waals surface area contributed by atoms with Gasteiger partial charge in [0.05, 0.1) is 24.0 Å². The van der Waals surface area contributed by atoms with E-state index in [1.54, 1.807) is 12.1 Å². The van der Waals surface area contributed by atoms with Crippen LogP contribution >= 0.6 is 0 Å². The number of nitrogens with one attached hydrogen (secondary N) is 2. The molecule has 1 aliphatic heterocycles. The zero-order valence-corrected chi connectivity index (χ0v) is 10.5. The predicted octanol–water partition coefficient (Wildman–Crippen LogP) is 0.242. The molecule has 2 rings (SSSR count). The van der Waals surface area contributed by atoms with E-state index in [1.807, 2.05) is 6.07 Å². The third-order valence-corrected chi connectivity index (χ3v) is 2.93. The summed E-state index contributed by atoms with van der Waals surface area (Å²) in [7, 11) is 0. The Labute approximate surface area is 115 Å². The Hall–Kier alpha value is -2.43. The van der Waals surface area contributed by atoms with E-state index in [0.717, 1.165) is 6.54 Å². The maximum absolute atomic E-state index is 11.2. The molecule has 7 nitrogen and oxygen atoms in total. The molecule has 1 unspecified atom stereocenters. The molecule has 0 saturated carbocycles. The average Bonchev–Trinajstić information content (AvgIpc) is 2.47. The zero-order chi connectivity index (χ0) is 14.5. The van der Waals surface area contributed by atoms with Gasteiger partial charge in [-0.05, 0) is 6.07 Å². The van der Waals surface area contributed by atoms with Gasteiger partial charge in [-0.25, -0.2) is 4.79 Å². The van der Waals surface area contributed by atoms with E-state index in [2.05, 4.69) is 10.6 Å². The number of benzene rings is 1. The SMILES string of the molecule is N#Cc1c(NC(=O)C(=O)O)cccc1C1CNCCO1. The second-order valence-electron chi connectivity index (χ2n) is 4.20. The molecule has 1 aromatic carbocycles. The summed E-state index contributed by atoms with van der Waals surface area (Å²) in [5.74, 6) is -2.78. The summed E-state index contributed by atoms with van der Waals surface area (Å²) < 4.78 is 5.57. The Kier molecular flexibility index (Phi) is 4.30. The molecule has 20 heavy (non-hydrogen) atoms. The molecule has 0 radical (unpaired) electrons. The lowest BCUT2D eigenvalue weighted by molar-refractivity contribution is -0.147. The second kappa shape index (κ2) is 6.14. The highest BCUT2D eigenvalue weighted by molar-refractivity contribution is 6.36.